The molecule has 1 saturated heterocycles. The first-order valence-corrected chi connectivity index (χ1v) is 10.2. The van der Waals surface area contributed by atoms with E-state index in [-0.39, 0.29) is 11.7 Å². The summed E-state index contributed by atoms with van der Waals surface area (Å²) in [5.74, 6) is 0.350. The molecule has 2 aromatic heterocycles. The number of pyridine rings is 1. The number of rotatable bonds is 4. The molecule has 1 atom stereocenters. The number of para-hydroxylation sites is 1. The van der Waals surface area contributed by atoms with Crippen molar-refractivity contribution in [2.24, 2.45) is 0 Å². The summed E-state index contributed by atoms with van der Waals surface area (Å²) in [5, 5.41) is 0.924. The fourth-order valence-electron chi connectivity index (χ4n) is 4.47. The smallest absolute Gasteiger partial charge is 0.327 e. The minimum atomic E-state index is -0.168. The molecule has 0 spiro atoms. The van der Waals surface area contributed by atoms with Gasteiger partial charge in [-0.05, 0) is 50.0 Å². The van der Waals surface area contributed by atoms with Gasteiger partial charge in [-0.25, -0.2) is 9.78 Å². The van der Waals surface area contributed by atoms with Gasteiger partial charge in [0.25, 0.3) is 0 Å². The Morgan fingerprint density at radius 1 is 1.10 bits per heavy atom. The second kappa shape index (κ2) is 7.04. The van der Waals surface area contributed by atoms with Crippen molar-refractivity contribution in [3.63, 3.8) is 0 Å². The topological polar surface area (TPSA) is 79.9 Å². The van der Waals surface area contributed by atoms with Gasteiger partial charge in [0.1, 0.15) is 11.3 Å². The van der Waals surface area contributed by atoms with Crippen LogP contribution in [0.15, 0.2) is 53.3 Å². The third-order valence-electron chi connectivity index (χ3n) is 6.04. The van der Waals surface area contributed by atoms with E-state index in [2.05, 4.69) is 46.1 Å². The van der Waals surface area contributed by atoms with Crippen molar-refractivity contribution in [2.75, 3.05) is 18.8 Å². The zero-order valence-electron chi connectivity index (χ0n) is 16.6. The van der Waals surface area contributed by atoms with E-state index in [9.17, 15) is 4.79 Å². The fourth-order valence-corrected chi connectivity index (χ4v) is 4.47. The molecule has 3 heterocycles. The number of aromatic nitrogens is 3. The molecule has 2 aromatic carbocycles. The maximum Gasteiger partial charge on any atom is 0.327 e. The Labute approximate surface area is 169 Å². The van der Waals surface area contributed by atoms with E-state index in [0.29, 0.717) is 11.3 Å². The van der Waals surface area contributed by atoms with Crippen LogP contribution in [0.4, 0.5) is 5.82 Å². The fraction of sp³-hybridized carbons (Fsp3) is 0.304. The number of imidazole rings is 1. The monoisotopic (exact) mass is 387 g/mol. The van der Waals surface area contributed by atoms with Gasteiger partial charge in [0.2, 0.25) is 0 Å². The molecule has 4 aromatic rings. The largest absolute Gasteiger partial charge is 0.382 e. The zero-order chi connectivity index (χ0) is 20.0. The lowest BCUT2D eigenvalue weighted by molar-refractivity contribution is 0.331. The standard InChI is InChI=1S/C23H25N5O/c1-15(17-10-8-16(9-11-17)14-27-12-4-5-13-27)28-21-18-6-2-3-7-19(18)25-22(24)20(21)26-23(28)29/h2-3,6-11,15H,4-5,12-14H2,1H3,(H2,24,25)(H,26,29)/t15-/m1/s1. The molecule has 0 unspecified atom stereocenters. The van der Waals surface area contributed by atoms with Gasteiger partial charge >= 0.3 is 5.69 Å². The number of aromatic amines is 1. The van der Waals surface area contributed by atoms with Crippen molar-refractivity contribution in [1.82, 2.24) is 19.4 Å². The van der Waals surface area contributed by atoms with Gasteiger partial charge in [0.05, 0.1) is 17.1 Å². The Morgan fingerprint density at radius 3 is 2.59 bits per heavy atom. The summed E-state index contributed by atoms with van der Waals surface area (Å²) in [6.07, 6.45) is 2.59. The first-order valence-electron chi connectivity index (χ1n) is 10.2. The molecule has 0 aliphatic carbocycles. The number of benzene rings is 2. The van der Waals surface area contributed by atoms with Crippen molar-refractivity contribution in [3.05, 3.63) is 70.1 Å². The highest BCUT2D eigenvalue weighted by Gasteiger charge is 2.19. The van der Waals surface area contributed by atoms with Crippen molar-refractivity contribution in [3.8, 4) is 0 Å². The van der Waals surface area contributed by atoms with Crippen molar-refractivity contribution in [1.29, 1.82) is 0 Å². The van der Waals surface area contributed by atoms with Crippen LogP contribution in [0, 0.1) is 0 Å². The third kappa shape index (κ3) is 3.09. The summed E-state index contributed by atoms with van der Waals surface area (Å²) < 4.78 is 1.80. The highest BCUT2D eigenvalue weighted by Crippen LogP contribution is 2.29. The number of hydrogen-bond acceptors (Lipinski definition) is 4. The van der Waals surface area contributed by atoms with E-state index < -0.39 is 0 Å². The Morgan fingerprint density at radius 2 is 1.83 bits per heavy atom. The summed E-state index contributed by atoms with van der Waals surface area (Å²) >= 11 is 0. The maximum absolute atomic E-state index is 12.9. The molecule has 1 fully saturated rings. The Bertz CT molecular complexity index is 1230. The average molecular weight is 387 g/mol. The molecule has 148 valence electrons. The van der Waals surface area contributed by atoms with Crippen LogP contribution in [0.1, 0.15) is 36.9 Å². The molecule has 29 heavy (non-hydrogen) atoms. The number of fused-ring (bicyclic) bond motifs is 3. The molecule has 0 bridgehead atoms. The Hall–Kier alpha value is -3.12. The zero-order valence-corrected chi connectivity index (χ0v) is 16.6. The van der Waals surface area contributed by atoms with Gasteiger partial charge in [-0.3, -0.25) is 9.47 Å². The predicted octanol–water partition coefficient (Wildman–Crippen LogP) is 3.67. The summed E-state index contributed by atoms with van der Waals surface area (Å²) in [6.45, 7) is 5.42. The minimum absolute atomic E-state index is 0.123. The van der Waals surface area contributed by atoms with Crippen LogP contribution in [-0.2, 0) is 6.54 Å². The van der Waals surface area contributed by atoms with Crippen LogP contribution < -0.4 is 11.4 Å². The van der Waals surface area contributed by atoms with E-state index in [1.54, 1.807) is 4.57 Å². The van der Waals surface area contributed by atoms with E-state index >= 15 is 0 Å². The number of anilines is 1. The molecule has 1 aliphatic heterocycles. The number of H-pyrrole nitrogens is 1. The van der Waals surface area contributed by atoms with Crippen molar-refractivity contribution in [2.45, 2.75) is 32.4 Å². The van der Waals surface area contributed by atoms with Gasteiger partial charge < -0.3 is 10.7 Å². The minimum Gasteiger partial charge on any atom is -0.382 e. The molecule has 0 amide bonds. The predicted molar refractivity (Wildman–Crippen MR) is 117 cm³/mol. The molecule has 6 nitrogen and oxygen atoms in total. The molecular weight excluding hydrogens is 362 g/mol. The number of nitrogen functional groups attached to an aromatic ring is 1. The maximum atomic E-state index is 12.9. The Kier molecular flexibility index (Phi) is 4.36. The molecule has 1 aliphatic rings. The summed E-state index contributed by atoms with van der Waals surface area (Å²) in [4.78, 5) is 22.7. The third-order valence-corrected chi connectivity index (χ3v) is 6.04. The van der Waals surface area contributed by atoms with Crippen LogP contribution in [0.3, 0.4) is 0 Å². The lowest BCUT2D eigenvalue weighted by atomic mass is 10.0. The average Bonchev–Trinajstić information content (AvgIpc) is 3.36. The second-order valence-electron chi connectivity index (χ2n) is 7.94. The molecule has 6 heteroatoms. The number of nitrogens with two attached hydrogens (primary N) is 1. The van der Waals surface area contributed by atoms with Gasteiger partial charge in [-0.1, -0.05) is 42.5 Å². The number of nitrogens with zero attached hydrogens (tertiary/aromatic N) is 3. The first kappa shape index (κ1) is 17.9. The Balaban J connectivity index is 1.56. The molecule has 0 saturated carbocycles. The summed E-state index contributed by atoms with van der Waals surface area (Å²) in [7, 11) is 0. The van der Waals surface area contributed by atoms with E-state index in [4.69, 9.17) is 5.73 Å². The number of likely N-dealkylation sites (tertiary alicyclic amines) is 1. The van der Waals surface area contributed by atoms with Gasteiger partial charge in [-0.15, -0.1) is 0 Å². The molecule has 5 rings (SSSR count). The van der Waals surface area contributed by atoms with Crippen LogP contribution in [0.2, 0.25) is 0 Å². The summed E-state index contributed by atoms with van der Waals surface area (Å²) in [6, 6.07) is 16.3. The highest BCUT2D eigenvalue weighted by molar-refractivity contribution is 6.06. The van der Waals surface area contributed by atoms with Crippen molar-refractivity contribution >= 4 is 27.8 Å². The van der Waals surface area contributed by atoms with E-state index in [0.717, 1.165) is 28.5 Å². The second-order valence-corrected chi connectivity index (χ2v) is 7.94. The van der Waals surface area contributed by atoms with E-state index in [1.807, 2.05) is 24.3 Å². The van der Waals surface area contributed by atoms with Crippen LogP contribution in [-0.4, -0.2) is 32.5 Å². The molecule has 0 radical (unpaired) electrons. The van der Waals surface area contributed by atoms with Crippen LogP contribution in [0.25, 0.3) is 21.9 Å². The molecule has 3 N–H and O–H groups in total. The van der Waals surface area contributed by atoms with Crippen LogP contribution in [0.5, 0.6) is 0 Å². The normalized spacial score (nSPS) is 16.0. The lowest BCUT2D eigenvalue weighted by Crippen LogP contribution is -2.21. The van der Waals surface area contributed by atoms with E-state index in [1.165, 1.54) is 31.5 Å². The van der Waals surface area contributed by atoms with Crippen molar-refractivity contribution < 1.29 is 0 Å². The van der Waals surface area contributed by atoms with Gasteiger partial charge in [0.15, 0.2) is 0 Å². The lowest BCUT2D eigenvalue weighted by Gasteiger charge is -2.17. The highest BCUT2D eigenvalue weighted by atomic mass is 16.1. The number of hydrogen-bond donors (Lipinski definition) is 2. The number of nitrogens with one attached hydrogen (secondary N) is 1. The van der Waals surface area contributed by atoms with Gasteiger partial charge in [-0.2, -0.15) is 0 Å². The van der Waals surface area contributed by atoms with Gasteiger partial charge in [0, 0.05) is 11.9 Å². The SMILES string of the molecule is C[C@H](c1ccc(CN2CCCC2)cc1)n1c(=O)[nH]c2c(N)nc3ccccc3c21. The summed E-state index contributed by atoms with van der Waals surface area (Å²) in [5.41, 5.74) is 10.6. The van der Waals surface area contributed by atoms with Crippen LogP contribution >= 0.6 is 0 Å². The first-order chi connectivity index (χ1) is 14.1. The quantitative estimate of drug-likeness (QED) is 0.560. The molecular formula is C23H25N5O.